The quantitative estimate of drug-likeness (QED) is 0.574. The molecule has 0 saturated carbocycles. The van der Waals surface area contributed by atoms with E-state index in [-0.39, 0.29) is 18.2 Å². The van der Waals surface area contributed by atoms with Crippen molar-refractivity contribution < 1.29 is 18.4 Å². The second-order valence-electron chi connectivity index (χ2n) is 5.38. The molecule has 0 aliphatic carbocycles. The number of hydrogen-bond acceptors (Lipinski definition) is 4. The fourth-order valence-electron chi connectivity index (χ4n) is 0.823. The Balaban J connectivity index is 4.83. The van der Waals surface area contributed by atoms with Crippen LogP contribution in [0.4, 0.5) is 0 Å². The van der Waals surface area contributed by atoms with Crippen molar-refractivity contribution in [1.82, 2.24) is 0 Å². The number of hydrogen-bond donors (Lipinski definition) is 0. The van der Waals surface area contributed by atoms with Crippen molar-refractivity contribution in [2.45, 2.75) is 60.7 Å². The number of carbonyl (C=O) groups is 1. The van der Waals surface area contributed by atoms with Gasteiger partial charge in [0.1, 0.15) is 0 Å². The van der Waals surface area contributed by atoms with Crippen LogP contribution in [0, 0.1) is 5.41 Å². The Hall–Kier alpha value is 0.339. The average Bonchev–Trinajstić information content (AvgIpc) is 1.96. The summed E-state index contributed by atoms with van der Waals surface area (Å²) in [6.07, 6.45) is -2.85. The molecule has 0 aliphatic heterocycles. The molecule has 0 rings (SSSR count). The Morgan fingerprint density at radius 1 is 1.06 bits per heavy atom. The topological polar surface area (TPSA) is 44.8 Å². The molecule has 0 N–H and O–H groups in total. The summed E-state index contributed by atoms with van der Waals surface area (Å²) in [6, 6.07) is 0. The van der Waals surface area contributed by atoms with Crippen molar-refractivity contribution in [3.63, 3.8) is 0 Å². The molecule has 0 aromatic rings. The Morgan fingerprint density at radius 3 is 1.65 bits per heavy atom. The monoisotopic (exact) mass is 330 g/mol. The second kappa shape index (κ2) is 6.49. The van der Waals surface area contributed by atoms with Gasteiger partial charge in [0.25, 0.3) is 0 Å². The van der Waals surface area contributed by atoms with Crippen LogP contribution in [0.1, 0.15) is 48.5 Å². The van der Waals surface area contributed by atoms with Gasteiger partial charge >= 0.3 is 112 Å². The van der Waals surface area contributed by atoms with E-state index in [0.717, 1.165) is 0 Å². The molecule has 0 fully saturated rings. The minimum atomic E-state index is -2.71. The van der Waals surface area contributed by atoms with Crippen LogP contribution in [-0.4, -0.2) is 33.3 Å². The van der Waals surface area contributed by atoms with Gasteiger partial charge in [0.05, 0.1) is 0 Å². The molecule has 0 saturated heterocycles. The minimum absolute atomic E-state index is 0.0731. The molecule has 0 radical (unpaired) electrons. The van der Waals surface area contributed by atoms with Gasteiger partial charge in [-0.2, -0.15) is 0 Å². The summed E-state index contributed by atoms with van der Waals surface area (Å²) in [7, 11) is 0. The van der Waals surface area contributed by atoms with Crippen LogP contribution in [0.15, 0.2) is 0 Å². The summed E-state index contributed by atoms with van der Waals surface area (Å²) < 4.78 is 16.6. The van der Waals surface area contributed by atoms with E-state index in [4.69, 9.17) is 13.6 Å². The van der Waals surface area contributed by atoms with E-state index in [1.165, 1.54) is 0 Å². The van der Waals surface area contributed by atoms with Crippen LogP contribution in [-0.2, 0) is 18.4 Å². The van der Waals surface area contributed by atoms with Crippen LogP contribution >= 0.6 is 6.19 Å². The zero-order chi connectivity index (χ0) is 13.9. The summed E-state index contributed by atoms with van der Waals surface area (Å²) in [6.45, 7) is 12.9. The van der Waals surface area contributed by atoms with Crippen LogP contribution in [0.2, 0.25) is 0 Å². The molecule has 102 valence electrons. The summed E-state index contributed by atoms with van der Waals surface area (Å²) in [4.78, 5) is 11.9. The molecule has 0 spiro atoms. The van der Waals surface area contributed by atoms with Crippen LogP contribution < -0.4 is 0 Å². The van der Waals surface area contributed by atoms with E-state index in [9.17, 15) is 4.79 Å². The van der Waals surface area contributed by atoms with Crippen LogP contribution in [0.5, 0.6) is 0 Å². The first-order chi connectivity index (χ1) is 7.46. The van der Waals surface area contributed by atoms with E-state index in [0.29, 0.717) is 0 Å². The molecule has 6 heteroatoms. The molecule has 0 aromatic carbocycles. The number of carbonyl (C=O) groups excluding carboxylic acids is 1. The van der Waals surface area contributed by atoms with Gasteiger partial charge in [0.15, 0.2) is 0 Å². The summed E-state index contributed by atoms with van der Waals surface area (Å²) >= 11 is 2.78. The second-order valence-corrected chi connectivity index (χ2v) is 9.70. The summed E-state index contributed by atoms with van der Waals surface area (Å²) in [5, 5.41) is 0. The van der Waals surface area contributed by atoms with Gasteiger partial charge in [-0.05, 0) is 0 Å². The van der Waals surface area contributed by atoms with Gasteiger partial charge in [-0.15, -0.1) is 0 Å². The maximum absolute atomic E-state index is 11.9. The molecule has 0 heterocycles. The van der Waals surface area contributed by atoms with Gasteiger partial charge in [-0.25, -0.2) is 0 Å². The third-order valence-electron chi connectivity index (χ3n) is 1.49. The first kappa shape index (κ1) is 17.3. The van der Waals surface area contributed by atoms with Crippen molar-refractivity contribution in [1.29, 1.82) is 0 Å². The molecular formula is C11H23O4PSe. The van der Waals surface area contributed by atoms with E-state index in [2.05, 4.69) is 15.1 Å². The SMILES string of the molecule is CC(C)OP(=[Se])(OC(=O)C(C)(C)C)OC(C)C. The Morgan fingerprint density at radius 2 is 1.41 bits per heavy atom. The summed E-state index contributed by atoms with van der Waals surface area (Å²) in [5.41, 5.74) is -0.574. The van der Waals surface area contributed by atoms with Gasteiger partial charge in [0, 0.05) is 0 Å². The van der Waals surface area contributed by atoms with Gasteiger partial charge in [0.2, 0.25) is 0 Å². The zero-order valence-electron chi connectivity index (χ0n) is 11.6. The number of rotatable bonds is 5. The van der Waals surface area contributed by atoms with Crippen molar-refractivity contribution >= 4 is 27.3 Å². The predicted octanol–water partition coefficient (Wildman–Crippen LogP) is 3.27. The Bertz CT molecular complexity index is 293. The van der Waals surface area contributed by atoms with Crippen molar-refractivity contribution in [2.24, 2.45) is 5.41 Å². The van der Waals surface area contributed by atoms with Crippen LogP contribution in [0.25, 0.3) is 0 Å². The first-order valence-corrected chi connectivity index (χ1v) is 9.43. The van der Waals surface area contributed by atoms with Gasteiger partial charge in [-0.1, -0.05) is 0 Å². The van der Waals surface area contributed by atoms with Gasteiger partial charge < -0.3 is 0 Å². The molecule has 0 atom stereocenters. The van der Waals surface area contributed by atoms with E-state index < -0.39 is 11.6 Å². The Labute approximate surface area is 112 Å². The van der Waals surface area contributed by atoms with Crippen molar-refractivity contribution in [3.05, 3.63) is 0 Å². The van der Waals surface area contributed by atoms with E-state index in [1.807, 2.05) is 27.7 Å². The molecule has 0 unspecified atom stereocenters. The van der Waals surface area contributed by atoms with Gasteiger partial charge in [-0.3, -0.25) is 0 Å². The molecule has 0 bridgehead atoms. The summed E-state index contributed by atoms with van der Waals surface area (Å²) in [5.74, 6) is -0.328. The third-order valence-corrected chi connectivity index (χ3v) is 4.79. The fraction of sp³-hybridized carbons (Fsp3) is 0.909. The molecule has 0 amide bonds. The Kier molecular flexibility index (Phi) is 6.62. The standard InChI is InChI=1S/C11H23O4PSe/c1-8(2)13-16(17,14-9(3)4)15-10(12)11(5,6)7/h8-9H,1-7H3. The van der Waals surface area contributed by atoms with Crippen molar-refractivity contribution in [2.75, 3.05) is 0 Å². The third kappa shape index (κ3) is 7.38. The molecule has 4 nitrogen and oxygen atoms in total. The maximum atomic E-state index is 11.9. The average molecular weight is 329 g/mol. The molecule has 17 heavy (non-hydrogen) atoms. The van der Waals surface area contributed by atoms with Crippen molar-refractivity contribution in [3.8, 4) is 0 Å². The zero-order valence-corrected chi connectivity index (χ0v) is 14.3. The van der Waals surface area contributed by atoms with E-state index in [1.54, 1.807) is 20.8 Å². The fourth-order valence-corrected chi connectivity index (χ4v) is 5.06. The molecular weight excluding hydrogens is 306 g/mol. The van der Waals surface area contributed by atoms with E-state index >= 15 is 0 Å². The van der Waals surface area contributed by atoms with Crippen LogP contribution in [0.3, 0.4) is 0 Å². The molecule has 0 aliphatic rings. The predicted molar refractivity (Wildman–Crippen MR) is 70.7 cm³/mol. The molecule has 0 aromatic heterocycles. The normalized spacial score (nSPS) is 13.2. The first-order valence-electron chi connectivity index (χ1n) is 5.67.